The van der Waals surface area contributed by atoms with E-state index in [0.29, 0.717) is 17.0 Å². The van der Waals surface area contributed by atoms with Gasteiger partial charge in [0.25, 0.3) is 5.91 Å². The number of benzene rings is 2. The number of ether oxygens (including phenoxy) is 1. The van der Waals surface area contributed by atoms with Crippen LogP contribution in [0.5, 0.6) is 5.88 Å². The van der Waals surface area contributed by atoms with Gasteiger partial charge in [-0.2, -0.15) is 5.10 Å². The number of halogens is 2. The predicted octanol–water partition coefficient (Wildman–Crippen LogP) is 2.79. The van der Waals surface area contributed by atoms with E-state index in [-0.39, 0.29) is 12.1 Å². The first-order chi connectivity index (χ1) is 11.5. The monoisotopic (exact) mass is 331 g/mol. The van der Waals surface area contributed by atoms with E-state index in [1.54, 1.807) is 37.0 Å². The van der Waals surface area contributed by atoms with Crippen molar-refractivity contribution in [2.75, 3.05) is 7.11 Å². The van der Waals surface area contributed by atoms with Gasteiger partial charge in [-0.3, -0.25) is 4.79 Å². The number of hydrogen-bond acceptors (Lipinski definition) is 3. The van der Waals surface area contributed by atoms with Crippen molar-refractivity contribution in [2.45, 2.75) is 6.54 Å². The Morgan fingerprint density at radius 1 is 1.25 bits per heavy atom. The van der Waals surface area contributed by atoms with E-state index in [2.05, 4.69) is 10.4 Å². The van der Waals surface area contributed by atoms with Crippen molar-refractivity contribution in [1.82, 2.24) is 15.1 Å². The summed E-state index contributed by atoms with van der Waals surface area (Å²) in [5, 5.41) is 7.55. The standard InChI is InChI=1S/C17H15F2N3O2/c1-22-17(24-2)11-7-6-10(8-15(11)21-22)16(23)20-9-12-13(18)4-3-5-14(12)19/h3-8H,9H2,1-2H3,(H,20,23). The summed E-state index contributed by atoms with van der Waals surface area (Å²) in [6.07, 6.45) is 0. The third kappa shape index (κ3) is 2.80. The van der Waals surface area contributed by atoms with Gasteiger partial charge in [0.2, 0.25) is 5.88 Å². The van der Waals surface area contributed by atoms with Crippen molar-refractivity contribution in [2.24, 2.45) is 7.05 Å². The molecule has 0 saturated carbocycles. The van der Waals surface area contributed by atoms with Gasteiger partial charge in [0.15, 0.2) is 0 Å². The molecule has 0 spiro atoms. The Hall–Kier alpha value is -2.96. The first-order valence-corrected chi connectivity index (χ1v) is 7.23. The second-order valence-electron chi connectivity index (χ2n) is 5.25. The highest BCUT2D eigenvalue weighted by atomic mass is 19.1. The number of aromatic nitrogens is 2. The Balaban J connectivity index is 1.81. The van der Waals surface area contributed by atoms with Crippen LogP contribution in [0.3, 0.4) is 0 Å². The number of amides is 1. The molecule has 2 aromatic carbocycles. The highest BCUT2D eigenvalue weighted by Crippen LogP contribution is 2.25. The first-order valence-electron chi connectivity index (χ1n) is 7.23. The molecule has 124 valence electrons. The van der Waals surface area contributed by atoms with Crippen molar-refractivity contribution in [3.8, 4) is 5.88 Å². The molecule has 0 aliphatic carbocycles. The van der Waals surface area contributed by atoms with Crippen molar-refractivity contribution < 1.29 is 18.3 Å². The Morgan fingerprint density at radius 2 is 1.96 bits per heavy atom. The van der Waals surface area contributed by atoms with E-state index < -0.39 is 17.5 Å². The Morgan fingerprint density at radius 3 is 2.62 bits per heavy atom. The molecule has 1 aromatic heterocycles. The van der Waals surface area contributed by atoms with Gasteiger partial charge in [-0.05, 0) is 30.3 Å². The zero-order valence-electron chi connectivity index (χ0n) is 13.1. The van der Waals surface area contributed by atoms with Crippen molar-refractivity contribution in [1.29, 1.82) is 0 Å². The molecule has 0 fully saturated rings. The molecule has 3 rings (SSSR count). The maximum atomic E-state index is 13.6. The van der Waals surface area contributed by atoms with Gasteiger partial charge in [-0.15, -0.1) is 0 Å². The van der Waals surface area contributed by atoms with Crippen molar-refractivity contribution in [3.05, 3.63) is 59.2 Å². The number of aryl methyl sites for hydroxylation is 1. The van der Waals surface area contributed by atoms with Gasteiger partial charge < -0.3 is 10.1 Å². The lowest BCUT2D eigenvalue weighted by atomic mass is 10.1. The maximum Gasteiger partial charge on any atom is 0.251 e. The van der Waals surface area contributed by atoms with E-state index in [9.17, 15) is 13.6 Å². The molecule has 24 heavy (non-hydrogen) atoms. The van der Waals surface area contributed by atoms with Crippen LogP contribution < -0.4 is 10.1 Å². The highest BCUT2D eigenvalue weighted by molar-refractivity contribution is 5.98. The fraction of sp³-hybridized carbons (Fsp3) is 0.176. The Labute approximate surface area is 136 Å². The van der Waals surface area contributed by atoms with E-state index in [1.807, 2.05) is 0 Å². The topological polar surface area (TPSA) is 56.1 Å². The summed E-state index contributed by atoms with van der Waals surface area (Å²) in [5.74, 6) is -1.24. The molecule has 1 amide bonds. The molecule has 3 aromatic rings. The third-order valence-corrected chi connectivity index (χ3v) is 3.72. The van der Waals surface area contributed by atoms with Crippen LogP contribution in [0.15, 0.2) is 36.4 Å². The van der Waals surface area contributed by atoms with Crippen molar-refractivity contribution >= 4 is 16.8 Å². The number of nitrogens with one attached hydrogen (secondary N) is 1. The minimum atomic E-state index is -0.694. The number of carbonyl (C=O) groups excluding carboxylic acids is 1. The summed E-state index contributed by atoms with van der Waals surface area (Å²) >= 11 is 0. The zero-order chi connectivity index (χ0) is 17.3. The average Bonchev–Trinajstić information content (AvgIpc) is 2.88. The van der Waals surface area contributed by atoms with Gasteiger partial charge in [0.1, 0.15) is 11.6 Å². The van der Waals surface area contributed by atoms with Gasteiger partial charge in [0, 0.05) is 24.7 Å². The van der Waals surface area contributed by atoms with Crippen LogP contribution in [0, 0.1) is 11.6 Å². The molecule has 0 aliphatic heterocycles. The lowest BCUT2D eigenvalue weighted by molar-refractivity contribution is 0.0950. The largest absolute Gasteiger partial charge is 0.481 e. The predicted molar refractivity (Wildman–Crippen MR) is 84.8 cm³/mol. The number of fused-ring (bicyclic) bond motifs is 1. The minimum absolute atomic E-state index is 0.175. The third-order valence-electron chi connectivity index (χ3n) is 3.72. The summed E-state index contributed by atoms with van der Waals surface area (Å²) in [7, 11) is 3.28. The number of carbonyl (C=O) groups is 1. The van der Waals surface area contributed by atoms with Crippen LogP contribution in [0.25, 0.3) is 10.9 Å². The second kappa shape index (κ2) is 6.27. The fourth-order valence-electron chi connectivity index (χ4n) is 2.53. The van der Waals surface area contributed by atoms with Crippen LogP contribution >= 0.6 is 0 Å². The molecule has 0 bridgehead atoms. The maximum absolute atomic E-state index is 13.6. The molecule has 0 aliphatic rings. The van der Waals surface area contributed by atoms with E-state index >= 15 is 0 Å². The van der Waals surface area contributed by atoms with Crippen LogP contribution in [0.2, 0.25) is 0 Å². The number of hydrogen-bond donors (Lipinski definition) is 1. The molecule has 1 N–H and O–H groups in total. The average molecular weight is 331 g/mol. The Kier molecular flexibility index (Phi) is 4.16. The van der Waals surface area contributed by atoms with Crippen molar-refractivity contribution in [3.63, 3.8) is 0 Å². The van der Waals surface area contributed by atoms with Gasteiger partial charge in [-0.25, -0.2) is 13.5 Å². The van der Waals surface area contributed by atoms with Crippen LogP contribution in [-0.2, 0) is 13.6 Å². The van der Waals surface area contributed by atoms with E-state index in [0.717, 1.165) is 17.5 Å². The molecule has 0 radical (unpaired) electrons. The zero-order valence-corrected chi connectivity index (χ0v) is 13.1. The number of rotatable bonds is 4. The van der Waals surface area contributed by atoms with Gasteiger partial charge in [0.05, 0.1) is 18.0 Å². The van der Waals surface area contributed by atoms with Crippen LogP contribution in [0.1, 0.15) is 15.9 Å². The van der Waals surface area contributed by atoms with Crippen LogP contribution in [0.4, 0.5) is 8.78 Å². The number of methoxy groups -OCH3 is 1. The lowest BCUT2D eigenvalue weighted by Crippen LogP contribution is -2.23. The molecule has 0 unspecified atom stereocenters. The lowest BCUT2D eigenvalue weighted by Gasteiger charge is -2.07. The molecule has 0 atom stereocenters. The molecular formula is C17H15F2N3O2. The van der Waals surface area contributed by atoms with Gasteiger partial charge >= 0.3 is 0 Å². The van der Waals surface area contributed by atoms with Gasteiger partial charge in [-0.1, -0.05) is 6.07 Å². The summed E-state index contributed by atoms with van der Waals surface area (Å²) in [6, 6.07) is 8.51. The minimum Gasteiger partial charge on any atom is -0.481 e. The molecule has 7 heteroatoms. The number of nitrogens with zero attached hydrogens (tertiary/aromatic N) is 2. The molecule has 5 nitrogen and oxygen atoms in total. The van der Waals surface area contributed by atoms with E-state index in [4.69, 9.17) is 4.74 Å². The molecular weight excluding hydrogens is 316 g/mol. The quantitative estimate of drug-likeness (QED) is 0.800. The summed E-state index contributed by atoms with van der Waals surface area (Å²) in [6.45, 7) is -0.235. The Bertz CT molecular complexity index is 901. The molecule has 1 heterocycles. The smallest absolute Gasteiger partial charge is 0.251 e. The molecule has 0 saturated heterocycles. The summed E-state index contributed by atoms with van der Waals surface area (Å²) < 4.78 is 34.0. The second-order valence-corrected chi connectivity index (χ2v) is 5.25. The normalized spacial score (nSPS) is 10.8. The van der Waals surface area contributed by atoms with E-state index in [1.165, 1.54) is 6.07 Å². The highest BCUT2D eigenvalue weighted by Gasteiger charge is 2.14. The fourth-order valence-corrected chi connectivity index (χ4v) is 2.53. The SMILES string of the molecule is COc1c2ccc(C(=O)NCc3c(F)cccc3F)cc2nn1C. The van der Waals surface area contributed by atoms with Crippen LogP contribution in [-0.4, -0.2) is 22.8 Å². The first kappa shape index (κ1) is 15.9. The summed E-state index contributed by atoms with van der Waals surface area (Å²) in [4.78, 5) is 12.2. The summed E-state index contributed by atoms with van der Waals surface area (Å²) in [5.41, 5.74) is 0.769.